The fourth-order valence-electron chi connectivity index (χ4n) is 2.93. The molecule has 0 radical (unpaired) electrons. The number of carbonyl (C=O) groups excluding carboxylic acids is 1. The van der Waals surface area contributed by atoms with Gasteiger partial charge < -0.3 is 25.0 Å². The highest BCUT2D eigenvalue weighted by Gasteiger charge is 2.12. The van der Waals surface area contributed by atoms with Crippen molar-refractivity contribution in [3.63, 3.8) is 0 Å². The lowest BCUT2D eigenvalue weighted by atomic mass is 10.2. The monoisotopic (exact) mass is 462 g/mol. The summed E-state index contributed by atoms with van der Waals surface area (Å²) in [6.45, 7) is 6.28. The number of hydrogen-bond acceptors (Lipinski definition) is 7. The molecule has 1 saturated heterocycles. The van der Waals surface area contributed by atoms with Crippen molar-refractivity contribution in [2.45, 2.75) is 13.0 Å². The van der Waals surface area contributed by atoms with E-state index in [0.29, 0.717) is 30.2 Å². The van der Waals surface area contributed by atoms with E-state index in [1.54, 1.807) is 30.8 Å². The second kappa shape index (κ2) is 13.6. The third-order valence-corrected chi connectivity index (χ3v) is 5.07. The maximum absolute atomic E-state index is 12.4. The van der Waals surface area contributed by atoms with Gasteiger partial charge in [-0.1, -0.05) is 0 Å². The van der Waals surface area contributed by atoms with E-state index < -0.39 is 0 Å². The Morgan fingerprint density at radius 2 is 2.07 bits per heavy atom. The number of methoxy groups -OCH3 is 1. The molecule has 162 valence electrons. The van der Waals surface area contributed by atoms with Gasteiger partial charge in [-0.15, -0.1) is 36.2 Å². The summed E-state index contributed by atoms with van der Waals surface area (Å²) >= 11 is 1.53. The first kappa shape index (κ1) is 25.5. The summed E-state index contributed by atoms with van der Waals surface area (Å²) in [4.78, 5) is 19.0. The number of amides is 1. The maximum Gasteiger partial charge on any atom is 0.251 e. The van der Waals surface area contributed by atoms with Crippen LogP contribution in [0.1, 0.15) is 22.5 Å². The number of piperazine rings is 1. The third-order valence-electron chi connectivity index (χ3n) is 4.43. The number of rotatable bonds is 9. The second-order valence-corrected chi connectivity index (χ2v) is 7.05. The predicted octanol–water partition coefficient (Wildman–Crippen LogP) is 2.60. The van der Waals surface area contributed by atoms with Gasteiger partial charge in [-0.25, -0.2) is 4.98 Å². The van der Waals surface area contributed by atoms with Crippen LogP contribution in [0.15, 0.2) is 29.1 Å². The normalized spacial score (nSPS) is 13.7. The zero-order chi connectivity index (χ0) is 18.9. The Morgan fingerprint density at radius 1 is 1.28 bits per heavy atom. The summed E-state index contributed by atoms with van der Waals surface area (Å²) in [6, 6.07) is 5.23. The minimum Gasteiger partial charge on any atom is -0.493 e. The van der Waals surface area contributed by atoms with Crippen LogP contribution in [0.4, 0.5) is 0 Å². The van der Waals surface area contributed by atoms with E-state index in [2.05, 4.69) is 20.5 Å². The van der Waals surface area contributed by atoms with Crippen molar-refractivity contribution in [2.24, 2.45) is 0 Å². The van der Waals surface area contributed by atoms with Crippen LogP contribution < -0.4 is 20.1 Å². The zero-order valence-corrected chi connectivity index (χ0v) is 18.8. The lowest BCUT2D eigenvalue weighted by Gasteiger charge is -2.27. The molecule has 0 aliphatic carbocycles. The van der Waals surface area contributed by atoms with Crippen LogP contribution in [0.25, 0.3) is 0 Å². The molecule has 0 spiro atoms. The van der Waals surface area contributed by atoms with Crippen molar-refractivity contribution >= 4 is 42.1 Å². The van der Waals surface area contributed by atoms with E-state index in [4.69, 9.17) is 9.47 Å². The number of nitrogens with one attached hydrogen (secondary N) is 2. The highest BCUT2D eigenvalue weighted by atomic mass is 35.5. The minimum absolute atomic E-state index is 0. The number of ether oxygens (including phenoxy) is 2. The standard InChI is InChI=1S/C19H26N4O3S.2ClH/c1-25-18-11-15(3-4-17(18)26-12-16-13-27-14-22-16)19(24)21-5-2-8-23-9-6-20-7-10-23;;/h3-4,11,13-14,20H,2,5-10,12H2,1H3,(H,21,24);2*1H. The van der Waals surface area contributed by atoms with Crippen molar-refractivity contribution in [3.8, 4) is 11.5 Å². The Balaban J connectivity index is 0.00000210. The number of nitrogens with zero attached hydrogens (tertiary/aromatic N) is 2. The Labute approximate surface area is 188 Å². The first-order chi connectivity index (χ1) is 13.3. The quantitative estimate of drug-likeness (QED) is 0.557. The topological polar surface area (TPSA) is 75.7 Å². The number of aromatic nitrogens is 1. The van der Waals surface area contributed by atoms with Crippen LogP contribution >= 0.6 is 36.2 Å². The molecule has 7 nitrogen and oxygen atoms in total. The fraction of sp³-hybridized carbons (Fsp3) is 0.474. The van der Waals surface area contributed by atoms with E-state index in [1.807, 2.05) is 5.38 Å². The van der Waals surface area contributed by atoms with E-state index in [-0.39, 0.29) is 30.7 Å². The molecule has 10 heteroatoms. The molecule has 2 heterocycles. The smallest absolute Gasteiger partial charge is 0.251 e. The first-order valence-electron chi connectivity index (χ1n) is 9.15. The van der Waals surface area contributed by atoms with Gasteiger partial charge in [-0.05, 0) is 31.2 Å². The summed E-state index contributed by atoms with van der Waals surface area (Å²) in [7, 11) is 1.57. The van der Waals surface area contributed by atoms with E-state index in [1.165, 1.54) is 11.3 Å². The molecule has 1 fully saturated rings. The largest absolute Gasteiger partial charge is 0.493 e. The lowest BCUT2D eigenvalue weighted by molar-refractivity contribution is 0.0951. The molecule has 1 aliphatic heterocycles. The fourth-order valence-corrected chi connectivity index (χ4v) is 3.47. The minimum atomic E-state index is -0.0975. The van der Waals surface area contributed by atoms with Crippen molar-refractivity contribution < 1.29 is 14.3 Å². The summed E-state index contributed by atoms with van der Waals surface area (Å²) in [6.07, 6.45) is 0.942. The van der Waals surface area contributed by atoms with Gasteiger partial charge in [0.05, 0.1) is 18.3 Å². The Hall–Kier alpha value is -1.58. The predicted molar refractivity (Wildman–Crippen MR) is 120 cm³/mol. The highest BCUT2D eigenvalue weighted by molar-refractivity contribution is 7.07. The molecule has 0 saturated carbocycles. The maximum atomic E-state index is 12.4. The van der Waals surface area contributed by atoms with Gasteiger partial charge in [-0.3, -0.25) is 4.79 Å². The van der Waals surface area contributed by atoms with Gasteiger partial charge in [0.2, 0.25) is 0 Å². The van der Waals surface area contributed by atoms with Crippen molar-refractivity contribution in [3.05, 3.63) is 40.3 Å². The average molecular weight is 463 g/mol. The number of thiazole rings is 1. The van der Waals surface area contributed by atoms with Gasteiger partial charge in [-0.2, -0.15) is 0 Å². The lowest BCUT2D eigenvalue weighted by Crippen LogP contribution is -2.44. The summed E-state index contributed by atoms with van der Waals surface area (Å²) in [5.41, 5.74) is 3.20. The second-order valence-electron chi connectivity index (χ2n) is 6.34. The molecular weight excluding hydrogens is 435 g/mol. The van der Waals surface area contributed by atoms with E-state index in [0.717, 1.165) is 44.8 Å². The van der Waals surface area contributed by atoms with Gasteiger partial charge >= 0.3 is 0 Å². The Bertz CT molecular complexity index is 728. The molecule has 0 atom stereocenters. The van der Waals surface area contributed by atoms with Crippen LogP contribution in [0.5, 0.6) is 11.5 Å². The van der Waals surface area contributed by atoms with Gasteiger partial charge in [0.15, 0.2) is 11.5 Å². The number of carbonyl (C=O) groups is 1. The average Bonchev–Trinajstić information content (AvgIpc) is 3.24. The molecule has 1 aromatic carbocycles. The number of benzene rings is 1. The number of hydrogen-bond donors (Lipinski definition) is 2. The van der Waals surface area contributed by atoms with Crippen LogP contribution in [0.2, 0.25) is 0 Å². The van der Waals surface area contributed by atoms with Crippen molar-refractivity contribution in [2.75, 3.05) is 46.4 Å². The van der Waals surface area contributed by atoms with Crippen LogP contribution in [-0.2, 0) is 6.61 Å². The molecule has 2 N–H and O–H groups in total. The summed E-state index contributed by atoms with van der Waals surface area (Å²) in [5, 5.41) is 8.26. The highest BCUT2D eigenvalue weighted by Crippen LogP contribution is 2.28. The molecule has 29 heavy (non-hydrogen) atoms. The molecule has 0 bridgehead atoms. The SMILES string of the molecule is COc1cc(C(=O)NCCCN2CCNCC2)ccc1OCc1cscn1.Cl.Cl. The first-order valence-corrected chi connectivity index (χ1v) is 10.1. The van der Waals surface area contributed by atoms with Crippen LogP contribution in [0.3, 0.4) is 0 Å². The van der Waals surface area contributed by atoms with Crippen molar-refractivity contribution in [1.29, 1.82) is 0 Å². The molecule has 3 rings (SSSR count). The van der Waals surface area contributed by atoms with E-state index >= 15 is 0 Å². The van der Waals surface area contributed by atoms with Crippen LogP contribution in [-0.4, -0.2) is 62.2 Å². The molecule has 1 aromatic heterocycles. The van der Waals surface area contributed by atoms with Gasteiger partial charge in [0.25, 0.3) is 5.91 Å². The molecular formula is C19H28Cl2N4O3S. The molecule has 0 unspecified atom stereocenters. The Morgan fingerprint density at radius 3 is 2.76 bits per heavy atom. The van der Waals surface area contributed by atoms with E-state index in [9.17, 15) is 4.79 Å². The van der Waals surface area contributed by atoms with Crippen LogP contribution in [0, 0.1) is 0 Å². The summed E-state index contributed by atoms with van der Waals surface area (Å²) in [5.74, 6) is 1.04. The third kappa shape index (κ3) is 7.98. The molecule has 2 aromatic rings. The molecule has 1 aliphatic rings. The van der Waals surface area contributed by atoms with Gasteiger partial charge in [0, 0.05) is 43.7 Å². The van der Waals surface area contributed by atoms with Gasteiger partial charge in [0.1, 0.15) is 6.61 Å². The molecule has 1 amide bonds. The zero-order valence-electron chi connectivity index (χ0n) is 16.4. The van der Waals surface area contributed by atoms with Crippen molar-refractivity contribution in [1.82, 2.24) is 20.5 Å². The number of halogens is 2. The summed E-state index contributed by atoms with van der Waals surface area (Å²) < 4.78 is 11.1. The Kier molecular flexibility index (Phi) is 11.9.